The van der Waals surface area contributed by atoms with Crippen LogP contribution in [0.25, 0.3) is 0 Å². The van der Waals surface area contributed by atoms with Crippen molar-refractivity contribution < 1.29 is 19.2 Å². The van der Waals surface area contributed by atoms with Crippen molar-refractivity contribution in [3.63, 3.8) is 0 Å². The normalized spacial score (nSPS) is 23.6. The summed E-state index contributed by atoms with van der Waals surface area (Å²) in [5.74, 6) is 0. The van der Waals surface area contributed by atoms with Gasteiger partial charge in [-0.25, -0.2) is 0 Å². The molecule has 0 unspecified atom stereocenters. The Morgan fingerprint density at radius 3 is 1.84 bits per heavy atom. The van der Waals surface area contributed by atoms with Crippen molar-refractivity contribution in [3.05, 3.63) is 0 Å². The fourth-order valence-corrected chi connectivity index (χ4v) is 2.16. The van der Waals surface area contributed by atoms with E-state index in [0.29, 0.717) is 0 Å². The molecule has 0 aromatic heterocycles. The Hall–Kier alpha value is 0.255. The van der Waals surface area contributed by atoms with Crippen LogP contribution in [0.1, 0.15) is 55.4 Å². The fraction of sp³-hybridized carbons (Fsp3) is 1.00. The van der Waals surface area contributed by atoms with Gasteiger partial charge in [-0.15, -0.1) is 11.6 Å². The van der Waals surface area contributed by atoms with Crippen molar-refractivity contribution in [1.82, 2.24) is 0 Å². The lowest BCUT2D eigenvalue weighted by Gasteiger charge is -2.37. The van der Waals surface area contributed by atoms with Crippen molar-refractivity contribution in [3.8, 4) is 0 Å². The second kappa shape index (κ2) is 5.22. The molecule has 0 amide bonds. The van der Waals surface area contributed by atoms with Gasteiger partial charge < -0.3 is 19.2 Å². The Labute approximate surface area is 121 Å². The number of rotatable bonds is 5. The van der Waals surface area contributed by atoms with Crippen LogP contribution in [0.3, 0.4) is 0 Å². The van der Waals surface area contributed by atoms with E-state index in [1.165, 1.54) is 11.6 Å². The lowest BCUT2D eigenvalue weighted by Crippen LogP contribution is -2.47. The first kappa shape index (κ1) is 17.3. The highest BCUT2D eigenvalue weighted by molar-refractivity contribution is 8.22. The van der Waals surface area contributed by atoms with E-state index in [9.17, 15) is 5.11 Å². The quantitative estimate of drug-likeness (QED) is 0.789. The minimum Gasteiger partial charge on any atom is -0.421 e. The zero-order chi connectivity index (χ0) is 15.1. The molecule has 1 N–H and O–H groups in total. The topological polar surface area (TPSA) is 47.9 Å². The molecule has 1 aliphatic rings. The third-order valence-electron chi connectivity index (χ3n) is 4.21. The lowest BCUT2D eigenvalue weighted by molar-refractivity contribution is -0.0887. The van der Waals surface area contributed by atoms with E-state index in [4.69, 9.17) is 14.1 Å². The Balaban J connectivity index is 2.45. The lowest BCUT2D eigenvalue weighted by atomic mass is 9.89. The molecule has 0 aromatic carbocycles. The predicted octanol–water partition coefficient (Wildman–Crippen LogP) is 2.71. The Morgan fingerprint density at radius 2 is 1.47 bits per heavy atom. The molecule has 6 heteroatoms. The van der Waals surface area contributed by atoms with Gasteiger partial charge in [0.1, 0.15) is 0 Å². The highest BCUT2D eigenvalue weighted by atomic mass is 32.2. The van der Waals surface area contributed by atoms with Crippen LogP contribution in [0.5, 0.6) is 0 Å². The van der Waals surface area contributed by atoms with Crippen molar-refractivity contribution >= 4 is 18.4 Å². The smallest absolute Gasteiger partial charge is 0.377 e. The molecule has 0 aliphatic carbocycles. The molecule has 1 saturated heterocycles. The first-order valence-electron chi connectivity index (χ1n) is 6.51. The standard InChI is InChI=1S/C13H26BO4S/c1-10(2,15)11(3,4)18-14-19-9-16-12(5,6)13(7,8)17-9/h9,15H,1-8H3. The molecule has 0 bridgehead atoms. The molecule has 0 aromatic rings. The number of ether oxygens (including phenoxy) is 2. The summed E-state index contributed by atoms with van der Waals surface area (Å²) in [5, 5.41) is 9.99. The summed E-state index contributed by atoms with van der Waals surface area (Å²) in [7, 11) is 0. The van der Waals surface area contributed by atoms with Crippen LogP contribution >= 0.6 is 11.6 Å². The third kappa shape index (κ3) is 3.88. The fourth-order valence-electron chi connectivity index (χ4n) is 1.18. The molecule has 19 heavy (non-hydrogen) atoms. The van der Waals surface area contributed by atoms with Crippen LogP contribution < -0.4 is 0 Å². The van der Waals surface area contributed by atoms with E-state index in [1.807, 2.05) is 41.5 Å². The molecule has 111 valence electrons. The first-order chi connectivity index (χ1) is 8.29. The number of hydrogen-bond donors (Lipinski definition) is 1. The first-order valence-corrected chi connectivity index (χ1v) is 7.46. The zero-order valence-electron chi connectivity index (χ0n) is 13.2. The number of aliphatic hydroxyl groups is 1. The molecule has 0 atom stereocenters. The van der Waals surface area contributed by atoms with Gasteiger partial charge in [-0.3, -0.25) is 0 Å². The molecule has 4 nitrogen and oxygen atoms in total. The van der Waals surface area contributed by atoms with Crippen LogP contribution in [0.2, 0.25) is 0 Å². The zero-order valence-corrected chi connectivity index (χ0v) is 14.1. The monoisotopic (exact) mass is 289 g/mol. The van der Waals surface area contributed by atoms with Gasteiger partial charge in [0.05, 0.1) is 22.4 Å². The van der Waals surface area contributed by atoms with E-state index < -0.39 is 11.2 Å². The molecule has 0 spiro atoms. The molecule has 1 radical (unpaired) electrons. The van der Waals surface area contributed by atoms with E-state index >= 15 is 0 Å². The van der Waals surface area contributed by atoms with Gasteiger partial charge in [0.2, 0.25) is 5.62 Å². The largest absolute Gasteiger partial charge is 0.421 e. The van der Waals surface area contributed by atoms with E-state index in [2.05, 4.69) is 0 Å². The van der Waals surface area contributed by atoms with E-state index in [0.717, 1.165) is 0 Å². The maximum absolute atomic E-state index is 9.99. The van der Waals surface area contributed by atoms with Crippen LogP contribution in [0.15, 0.2) is 0 Å². The van der Waals surface area contributed by atoms with Crippen molar-refractivity contribution in [2.75, 3.05) is 0 Å². The second-order valence-electron chi connectivity index (χ2n) is 6.96. The van der Waals surface area contributed by atoms with Crippen LogP contribution in [-0.2, 0) is 14.1 Å². The minimum absolute atomic E-state index is 0.343. The summed E-state index contributed by atoms with van der Waals surface area (Å²) < 4.78 is 17.3. The maximum atomic E-state index is 9.99. The van der Waals surface area contributed by atoms with E-state index in [-0.39, 0.29) is 16.8 Å². The Kier molecular flexibility index (Phi) is 4.76. The van der Waals surface area contributed by atoms with Gasteiger partial charge in [-0.2, -0.15) is 0 Å². The molecule has 0 saturated carbocycles. The number of hydrogen-bond acceptors (Lipinski definition) is 5. The SMILES string of the molecule is CC(C)(O)C(C)(C)O[B]SC1OC(C)(C)C(C)(C)O1. The van der Waals surface area contributed by atoms with Gasteiger partial charge in [-0.1, -0.05) is 0 Å². The van der Waals surface area contributed by atoms with Gasteiger partial charge in [-0.05, 0) is 55.4 Å². The summed E-state index contributed by atoms with van der Waals surface area (Å²) in [6.07, 6.45) is 0. The molecule has 1 fully saturated rings. The van der Waals surface area contributed by atoms with E-state index in [1.54, 1.807) is 20.6 Å². The second-order valence-corrected chi connectivity index (χ2v) is 7.81. The van der Waals surface area contributed by atoms with Gasteiger partial charge in [0.25, 0.3) is 0 Å². The Morgan fingerprint density at radius 1 is 1.05 bits per heavy atom. The van der Waals surface area contributed by atoms with Crippen LogP contribution in [0.4, 0.5) is 0 Å². The van der Waals surface area contributed by atoms with Crippen LogP contribution in [0, 0.1) is 0 Å². The summed E-state index contributed by atoms with van der Waals surface area (Å²) in [5.41, 5.74) is -2.68. The molecular weight excluding hydrogens is 263 g/mol. The average Bonchev–Trinajstić information content (AvgIpc) is 2.32. The van der Waals surface area contributed by atoms with Gasteiger partial charge in [0, 0.05) is 0 Å². The van der Waals surface area contributed by atoms with Crippen molar-refractivity contribution in [2.24, 2.45) is 0 Å². The molecule has 1 aliphatic heterocycles. The molecule has 1 heterocycles. The summed E-state index contributed by atoms with van der Waals surface area (Å²) in [4.78, 5) is 0. The molecular formula is C13H26BO4S. The Bertz CT molecular complexity index is 307. The third-order valence-corrected chi connectivity index (χ3v) is 4.84. The molecule has 1 rings (SSSR count). The maximum Gasteiger partial charge on any atom is 0.377 e. The summed E-state index contributed by atoms with van der Waals surface area (Å²) in [6.45, 7) is 16.7. The summed E-state index contributed by atoms with van der Waals surface area (Å²) >= 11 is 1.33. The van der Waals surface area contributed by atoms with Crippen molar-refractivity contribution in [1.29, 1.82) is 0 Å². The van der Waals surface area contributed by atoms with Gasteiger partial charge in [0.15, 0.2) is 0 Å². The highest BCUT2D eigenvalue weighted by Crippen LogP contribution is 2.41. The van der Waals surface area contributed by atoms with Gasteiger partial charge >= 0.3 is 6.76 Å². The highest BCUT2D eigenvalue weighted by Gasteiger charge is 2.49. The average molecular weight is 289 g/mol. The van der Waals surface area contributed by atoms with Crippen molar-refractivity contribution in [2.45, 2.75) is 83.4 Å². The van der Waals surface area contributed by atoms with Crippen LogP contribution in [-0.4, -0.2) is 39.9 Å². The predicted molar refractivity (Wildman–Crippen MR) is 78.9 cm³/mol. The summed E-state index contributed by atoms with van der Waals surface area (Å²) in [6, 6.07) is 0. The minimum atomic E-state index is -0.931.